The molecule has 0 spiro atoms. The van der Waals surface area contributed by atoms with Crippen LogP contribution >= 0.6 is 12.6 Å². The molecule has 1 atom stereocenters. The van der Waals surface area contributed by atoms with Crippen molar-refractivity contribution < 1.29 is 0 Å². The summed E-state index contributed by atoms with van der Waals surface area (Å²) in [6, 6.07) is 10.4. The van der Waals surface area contributed by atoms with Gasteiger partial charge in [0.2, 0.25) is 0 Å². The van der Waals surface area contributed by atoms with Crippen molar-refractivity contribution in [1.29, 1.82) is 0 Å². The van der Waals surface area contributed by atoms with Crippen molar-refractivity contribution in [2.24, 2.45) is 5.73 Å². The zero-order chi connectivity index (χ0) is 8.81. The van der Waals surface area contributed by atoms with Crippen molar-refractivity contribution >= 4 is 12.6 Å². The summed E-state index contributed by atoms with van der Waals surface area (Å²) in [5, 5.41) is 0.338. The molecule has 0 saturated carbocycles. The molecule has 1 aromatic rings. The van der Waals surface area contributed by atoms with Crippen LogP contribution in [-0.2, 0) is 6.42 Å². The fourth-order valence-electron chi connectivity index (χ4n) is 1.10. The maximum absolute atomic E-state index is 5.46. The van der Waals surface area contributed by atoms with Crippen LogP contribution in [0.25, 0.3) is 0 Å². The van der Waals surface area contributed by atoms with Crippen molar-refractivity contribution in [1.82, 2.24) is 0 Å². The van der Waals surface area contributed by atoms with E-state index >= 15 is 0 Å². The molecular weight excluding hydrogens is 166 g/mol. The summed E-state index contributed by atoms with van der Waals surface area (Å²) in [6.07, 6.45) is 2.13. The summed E-state index contributed by atoms with van der Waals surface area (Å²) in [4.78, 5) is 0. The lowest BCUT2D eigenvalue weighted by Gasteiger charge is -2.06. The first-order valence-electron chi connectivity index (χ1n) is 4.25. The van der Waals surface area contributed by atoms with Gasteiger partial charge < -0.3 is 5.73 Å². The van der Waals surface area contributed by atoms with E-state index in [0.717, 1.165) is 12.8 Å². The SMILES string of the molecule is NCC(S)CCc1ccccc1. The Balaban J connectivity index is 2.33. The van der Waals surface area contributed by atoms with Gasteiger partial charge >= 0.3 is 0 Å². The van der Waals surface area contributed by atoms with Crippen LogP contribution in [0.2, 0.25) is 0 Å². The predicted octanol–water partition coefficient (Wildman–Crippen LogP) is 1.88. The van der Waals surface area contributed by atoms with Crippen LogP contribution in [0.3, 0.4) is 0 Å². The van der Waals surface area contributed by atoms with Gasteiger partial charge in [-0.05, 0) is 18.4 Å². The Hall–Kier alpha value is -0.470. The maximum atomic E-state index is 5.46. The third kappa shape index (κ3) is 3.28. The molecule has 1 aromatic carbocycles. The Labute approximate surface area is 79.4 Å². The molecule has 0 saturated heterocycles. The average Bonchev–Trinajstić information content (AvgIpc) is 2.16. The molecule has 66 valence electrons. The van der Waals surface area contributed by atoms with Crippen LogP contribution in [0.5, 0.6) is 0 Å². The molecule has 12 heavy (non-hydrogen) atoms. The largest absolute Gasteiger partial charge is 0.329 e. The third-order valence-corrected chi connectivity index (χ3v) is 2.35. The van der Waals surface area contributed by atoms with E-state index in [-0.39, 0.29) is 0 Å². The fourth-order valence-corrected chi connectivity index (χ4v) is 1.22. The van der Waals surface area contributed by atoms with Gasteiger partial charge in [-0.25, -0.2) is 0 Å². The van der Waals surface area contributed by atoms with Gasteiger partial charge in [-0.3, -0.25) is 0 Å². The molecule has 0 bridgehead atoms. The highest BCUT2D eigenvalue weighted by Crippen LogP contribution is 2.07. The second-order valence-corrected chi connectivity index (χ2v) is 3.64. The van der Waals surface area contributed by atoms with Gasteiger partial charge in [0.05, 0.1) is 0 Å². The quantitative estimate of drug-likeness (QED) is 0.681. The van der Waals surface area contributed by atoms with Crippen LogP contribution < -0.4 is 5.73 Å². The van der Waals surface area contributed by atoms with Gasteiger partial charge in [0.15, 0.2) is 0 Å². The molecule has 0 radical (unpaired) electrons. The first-order chi connectivity index (χ1) is 5.83. The highest BCUT2D eigenvalue weighted by molar-refractivity contribution is 7.81. The molecule has 0 aliphatic rings. The van der Waals surface area contributed by atoms with Gasteiger partial charge in [-0.1, -0.05) is 30.3 Å². The average molecular weight is 181 g/mol. The van der Waals surface area contributed by atoms with E-state index in [2.05, 4.69) is 36.9 Å². The molecule has 0 amide bonds. The van der Waals surface area contributed by atoms with Crippen LogP contribution in [0, 0.1) is 0 Å². The Morgan fingerprint density at radius 2 is 1.92 bits per heavy atom. The predicted molar refractivity (Wildman–Crippen MR) is 56.6 cm³/mol. The molecule has 0 aliphatic heterocycles. The molecular formula is C10H15NS. The van der Waals surface area contributed by atoms with E-state index < -0.39 is 0 Å². The van der Waals surface area contributed by atoms with Gasteiger partial charge in [-0.15, -0.1) is 0 Å². The lowest BCUT2D eigenvalue weighted by atomic mass is 10.1. The normalized spacial score (nSPS) is 12.8. The summed E-state index contributed by atoms with van der Waals surface area (Å²) in [7, 11) is 0. The third-order valence-electron chi connectivity index (χ3n) is 1.88. The Morgan fingerprint density at radius 1 is 1.25 bits per heavy atom. The second-order valence-electron chi connectivity index (χ2n) is 2.91. The van der Waals surface area contributed by atoms with Crippen LogP contribution in [0.15, 0.2) is 30.3 Å². The standard InChI is InChI=1S/C10H15NS/c11-8-10(12)7-6-9-4-2-1-3-5-9/h1-5,10,12H,6-8,11H2. The minimum atomic E-state index is 0.338. The number of hydrogen-bond donors (Lipinski definition) is 2. The Kier molecular flexibility index (Phi) is 4.19. The zero-order valence-corrected chi connectivity index (χ0v) is 8.00. The number of hydrogen-bond acceptors (Lipinski definition) is 2. The molecule has 0 fully saturated rings. The van der Waals surface area contributed by atoms with Crippen LogP contribution in [-0.4, -0.2) is 11.8 Å². The van der Waals surface area contributed by atoms with Crippen molar-refractivity contribution in [2.75, 3.05) is 6.54 Å². The molecule has 1 rings (SSSR count). The minimum Gasteiger partial charge on any atom is -0.329 e. The van der Waals surface area contributed by atoms with Gasteiger partial charge in [0.25, 0.3) is 0 Å². The van der Waals surface area contributed by atoms with Crippen molar-refractivity contribution in [3.05, 3.63) is 35.9 Å². The zero-order valence-electron chi connectivity index (χ0n) is 7.11. The van der Waals surface area contributed by atoms with Crippen molar-refractivity contribution in [3.8, 4) is 0 Å². The Bertz CT molecular complexity index is 210. The van der Waals surface area contributed by atoms with E-state index in [1.165, 1.54) is 5.56 Å². The fraction of sp³-hybridized carbons (Fsp3) is 0.400. The molecule has 1 nitrogen and oxygen atoms in total. The molecule has 0 aliphatic carbocycles. The van der Waals surface area contributed by atoms with Crippen LogP contribution in [0.1, 0.15) is 12.0 Å². The maximum Gasteiger partial charge on any atom is 0.0143 e. The minimum absolute atomic E-state index is 0.338. The van der Waals surface area contributed by atoms with Crippen LogP contribution in [0.4, 0.5) is 0 Å². The first kappa shape index (κ1) is 9.62. The molecule has 1 unspecified atom stereocenters. The van der Waals surface area contributed by atoms with E-state index in [4.69, 9.17) is 5.73 Å². The summed E-state index contributed by atoms with van der Waals surface area (Å²) >= 11 is 4.34. The number of benzene rings is 1. The van der Waals surface area contributed by atoms with Gasteiger partial charge in [-0.2, -0.15) is 12.6 Å². The van der Waals surface area contributed by atoms with Gasteiger partial charge in [0.1, 0.15) is 0 Å². The van der Waals surface area contributed by atoms with E-state index in [1.54, 1.807) is 0 Å². The molecule has 0 heterocycles. The lowest BCUT2D eigenvalue weighted by molar-refractivity contribution is 0.766. The summed E-state index contributed by atoms with van der Waals surface area (Å²) in [6.45, 7) is 0.663. The van der Waals surface area contributed by atoms with Gasteiger partial charge in [0, 0.05) is 11.8 Å². The monoisotopic (exact) mass is 181 g/mol. The smallest absolute Gasteiger partial charge is 0.0143 e. The molecule has 2 heteroatoms. The number of thiol groups is 1. The highest BCUT2D eigenvalue weighted by Gasteiger charge is 1.99. The summed E-state index contributed by atoms with van der Waals surface area (Å²) in [5.41, 5.74) is 6.83. The van der Waals surface area contributed by atoms with E-state index in [1.807, 2.05) is 6.07 Å². The highest BCUT2D eigenvalue weighted by atomic mass is 32.1. The van der Waals surface area contributed by atoms with E-state index in [9.17, 15) is 0 Å². The first-order valence-corrected chi connectivity index (χ1v) is 4.76. The van der Waals surface area contributed by atoms with Crippen molar-refractivity contribution in [3.63, 3.8) is 0 Å². The lowest BCUT2D eigenvalue weighted by Crippen LogP contribution is -2.14. The number of aryl methyl sites for hydroxylation is 1. The van der Waals surface area contributed by atoms with Crippen molar-refractivity contribution in [2.45, 2.75) is 18.1 Å². The number of nitrogens with two attached hydrogens (primary N) is 1. The molecule has 0 aromatic heterocycles. The van der Waals surface area contributed by atoms with E-state index in [0.29, 0.717) is 11.8 Å². The Morgan fingerprint density at radius 3 is 2.50 bits per heavy atom. The topological polar surface area (TPSA) is 26.0 Å². The number of rotatable bonds is 4. The second kappa shape index (κ2) is 5.22. The molecule has 2 N–H and O–H groups in total. The summed E-state index contributed by atoms with van der Waals surface area (Å²) < 4.78 is 0. The summed E-state index contributed by atoms with van der Waals surface area (Å²) in [5.74, 6) is 0.